The first-order valence-corrected chi connectivity index (χ1v) is 8.98. The lowest BCUT2D eigenvalue weighted by molar-refractivity contribution is -0.140. The van der Waals surface area contributed by atoms with E-state index in [9.17, 15) is 9.59 Å². The van der Waals surface area contributed by atoms with Crippen LogP contribution in [0.2, 0.25) is 5.02 Å². The number of carbonyl (C=O) groups excluding carboxylic acids is 1. The first-order chi connectivity index (χ1) is 11.9. The zero-order chi connectivity index (χ0) is 18.0. The van der Waals surface area contributed by atoms with E-state index in [4.69, 9.17) is 33.3 Å². The van der Waals surface area contributed by atoms with Crippen LogP contribution in [0.15, 0.2) is 46.4 Å². The minimum Gasteiger partial charge on any atom is -0.480 e. The van der Waals surface area contributed by atoms with E-state index in [0.717, 1.165) is 10.5 Å². The maximum absolute atomic E-state index is 12.4. The van der Waals surface area contributed by atoms with Crippen LogP contribution in [-0.2, 0) is 9.59 Å². The number of benzene rings is 1. The average Bonchev–Trinajstić information content (AvgIpc) is 3.03. The lowest BCUT2D eigenvalue weighted by Crippen LogP contribution is -2.42. The number of thioether (sulfide) groups is 1. The Labute approximate surface area is 158 Å². The Morgan fingerprint density at radius 2 is 2.04 bits per heavy atom. The van der Waals surface area contributed by atoms with Crippen LogP contribution in [0.5, 0.6) is 0 Å². The van der Waals surface area contributed by atoms with Crippen molar-refractivity contribution in [2.75, 3.05) is 12.3 Å². The first-order valence-electron chi connectivity index (χ1n) is 7.21. The summed E-state index contributed by atoms with van der Waals surface area (Å²) in [6.07, 6.45) is 1.62. The van der Waals surface area contributed by atoms with Gasteiger partial charge in [0, 0.05) is 21.9 Å². The van der Waals surface area contributed by atoms with Crippen molar-refractivity contribution in [3.8, 4) is 11.3 Å². The van der Waals surface area contributed by atoms with Crippen LogP contribution in [0.1, 0.15) is 5.76 Å². The van der Waals surface area contributed by atoms with Crippen LogP contribution in [0, 0.1) is 0 Å². The van der Waals surface area contributed by atoms with Gasteiger partial charge in [-0.3, -0.25) is 14.5 Å². The summed E-state index contributed by atoms with van der Waals surface area (Å²) >= 11 is 12.2. The lowest BCUT2D eigenvalue weighted by atomic mass is 10.2. The molecule has 25 heavy (non-hydrogen) atoms. The van der Waals surface area contributed by atoms with Gasteiger partial charge >= 0.3 is 5.97 Å². The van der Waals surface area contributed by atoms with Gasteiger partial charge in [-0.25, -0.2) is 0 Å². The maximum Gasteiger partial charge on any atom is 0.323 e. The molecule has 3 rings (SSSR count). The van der Waals surface area contributed by atoms with Gasteiger partial charge in [-0.1, -0.05) is 35.6 Å². The maximum atomic E-state index is 12.4. The standard InChI is InChI=1S/C17H12ClNO4S2/c18-12-3-1-10(2-4-12)14-6-5-13(23-14)7-11-9-25-17(24)19(16(11)22)8-15(20)21/h1-7H,8-9H2,(H,20,21)/b11-7+. The molecular formula is C17H12ClNO4S2. The highest BCUT2D eigenvalue weighted by molar-refractivity contribution is 8.23. The van der Waals surface area contributed by atoms with Crippen LogP contribution in [0.25, 0.3) is 17.4 Å². The Balaban J connectivity index is 1.83. The molecule has 2 heterocycles. The molecule has 0 saturated carbocycles. The van der Waals surface area contributed by atoms with Crippen molar-refractivity contribution in [3.63, 3.8) is 0 Å². The third kappa shape index (κ3) is 4.12. The number of nitrogens with zero attached hydrogens (tertiary/aromatic N) is 1. The van der Waals surface area contributed by atoms with Crippen LogP contribution < -0.4 is 0 Å². The number of aliphatic carboxylic acids is 1. The van der Waals surface area contributed by atoms with Crippen molar-refractivity contribution in [1.82, 2.24) is 4.90 Å². The predicted octanol–water partition coefficient (Wildman–Crippen LogP) is 3.93. The summed E-state index contributed by atoms with van der Waals surface area (Å²) in [7, 11) is 0. The molecule has 2 aromatic rings. The van der Waals surface area contributed by atoms with Crippen LogP contribution in [0.4, 0.5) is 0 Å². The van der Waals surface area contributed by atoms with E-state index in [1.165, 1.54) is 11.8 Å². The second-order valence-electron chi connectivity index (χ2n) is 5.22. The molecule has 1 aromatic carbocycles. The fourth-order valence-electron chi connectivity index (χ4n) is 2.28. The second-order valence-corrected chi connectivity index (χ2v) is 7.26. The van der Waals surface area contributed by atoms with Gasteiger partial charge in [0.15, 0.2) is 0 Å². The molecule has 1 N–H and O–H groups in total. The highest BCUT2D eigenvalue weighted by Crippen LogP contribution is 2.28. The molecule has 0 bridgehead atoms. The molecule has 0 unspecified atom stereocenters. The summed E-state index contributed by atoms with van der Waals surface area (Å²) in [5, 5.41) is 9.55. The van der Waals surface area contributed by atoms with E-state index in [1.807, 2.05) is 12.1 Å². The number of halogens is 1. The zero-order valence-corrected chi connectivity index (χ0v) is 15.2. The molecule has 0 aliphatic carbocycles. The van der Waals surface area contributed by atoms with E-state index in [2.05, 4.69) is 0 Å². The van der Waals surface area contributed by atoms with Crippen molar-refractivity contribution in [2.24, 2.45) is 0 Å². The monoisotopic (exact) mass is 393 g/mol. The van der Waals surface area contributed by atoms with Gasteiger partial charge < -0.3 is 9.52 Å². The largest absolute Gasteiger partial charge is 0.480 e. The molecule has 1 saturated heterocycles. The number of furan rings is 1. The van der Waals surface area contributed by atoms with Crippen molar-refractivity contribution in [2.45, 2.75) is 0 Å². The first kappa shape index (κ1) is 17.7. The fourth-order valence-corrected chi connectivity index (χ4v) is 3.52. The van der Waals surface area contributed by atoms with Gasteiger partial charge in [0.25, 0.3) is 5.91 Å². The molecule has 1 aromatic heterocycles. The molecule has 1 aliphatic rings. The molecule has 1 fully saturated rings. The van der Waals surface area contributed by atoms with Gasteiger partial charge in [-0.2, -0.15) is 0 Å². The smallest absolute Gasteiger partial charge is 0.323 e. The second kappa shape index (κ2) is 7.43. The number of hydrogen-bond acceptors (Lipinski definition) is 5. The molecule has 0 spiro atoms. The van der Waals surface area contributed by atoms with Crippen molar-refractivity contribution >= 4 is 57.9 Å². The van der Waals surface area contributed by atoms with E-state index >= 15 is 0 Å². The van der Waals surface area contributed by atoms with Gasteiger partial charge in [0.2, 0.25) is 0 Å². The Bertz CT molecular complexity index is 873. The quantitative estimate of drug-likeness (QED) is 0.627. The zero-order valence-electron chi connectivity index (χ0n) is 12.8. The highest BCUT2D eigenvalue weighted by Gasteiger charge is 2.29. The minimum absolute atomic E-state index is 0.269. The Hall–Kier alpha value is -2.09. The number of carbonyl (C=O) groups is 2. The van der Waals surface area contributed by atoms with E-state index in [1.54, 1.807) is 30.3 Å². The van der Waals surface area contributed by atoms with E-state index in [-0.39, 0.29) is 4.32 Å². The number of amides is 1. The average molecular weight is 394 g/mol. The fraction of sp³-hybridized carbons (Fsp3) is 0.118. The van der Waals surface area contributed by atoms with Crippen LogP contribution in [0.3, 0.4) is 0 Å². The molecular weight excluding hydrogens is 382 g/mol. The number of carboxylic acid groups (broad SMARTS) is 1. The molecule has 5 nitrogen and oxygen atoms in total. The summed E-state index contributed by atoms with van der Waals surface area (Å²) in [6, 6.07) is 10.8. The summed E-state index contributed by atoms with van der Waals surface area (Å²) < 4.78 is 6.02. The van der Waals surface area contributed by atoms with Crippen molar-refractivity contribution < 1.29 is 19.1 Å². The predicted molar refractivity (Wildman–Crippen MR) is 102 cm³/mol. The molecule has 0 radical (unpaired) electrons. The molecule has 128 valence electrons. The summed E-state index contributed by atoms with van der Waals surface area (Å²) in [6.45, 7) is -0.448. The lowest BCUT2D eigenvalue weighted by Gasteiger charge is -2.26. The number of carboxylic acids is 1. The Kier molecular flexibility index (Phi) is 5.27. The van der Waals surface area contributed by atoms with Crippen molar-refractivity contribution in [1.29, 1.82) is 0 Å². The Morgan fingerprint density at radius 1 is 1.32 bits per heavy atom. The number of thiocarbonyl (C=S) groups is 1. The highest BCUT2D eigenvalue weighted by atomic mass is 35.5. The van der Waals surface area contributed by atoms with E-state index < -0.39 is 18.4 Å². The number of rotatable bonds is 4. The summed E-state index contributed by atoms with van der Waals surface area (Å²) in [5.41, 5.74) is 1.31. The molecule has 0 atom stereocenters. The summed E-state index contributed by atoms with van der Waals surface area (Å²) in [4.78, 5) is 24.4. The SMILES string of the molecule is O=C(O)CN1C(=O)/C(=C/c2ccc(-c3ccc(Cl)cc3)o2)CSC1=S. The molecule has 1 aliphatic heterocycles. The number of hydrogen-bond donors (Lipinski definition) is 1. The third-order valence-electron chi connectivity index (χ3n) is 3.46. The van der Waals surface area contributed by atoms with Gasteiger partial charge in [0.1, 0.15) is 22.4 Å². The molecule has 8 heteroatoms. The summed E-state index contributed by atoms with van der Waals surface area (Å²) in [5.74, 6) is 0.0237. The van der Waals surface area contributed by atoms with Crippen LogP contribution >= 0.6 is 35.6 Å². The van der Waals surface area contributed by atoms with E-state index in [0.29, 0.717) is 27.9 Å². The van der Waals surface area contributed by atoms with Gasteiger partial charge in [-0.05, 0) is 42.5 Å². The van der Waals surface area contributed by atoms with Gasteiger partial charge in [0.05, 0.1) is 0 Å². The minimum atomic E-state index is -1.11. The van der Waals surface area contributed by atoms with Crippen LogP contribution in [-0.4, -0.2) is 38.5 Å². The third-order valence-corrected chi connectivity index (χ3v) is 5.21. The Morgan fingerprint density at radius 3 is 2.72 bits per heavy atom. The topological polar surface area (TPSA) is 70.8 Å². The normalized spacial score (nSPS) is 16.5. The van der Waals surface area contributed by atoms with Gasteiger partial charge in [-0.15, -0.1) is 0 Å². The molecule has 1 amide bonds. The van der Waals surface area contributed by atoms with Crippen molar-refractivity contribution in [3.05, 3.63) is 52.8 Å².